The van der Waals surface area contributed by atoms with Crippen LogP contribution in [0.3, 0.4) is 0 Å². The van der Waals surface area contributed by atoms with Gasteiger partial charge in [-0.25, -0.2) is 0 Å². The Morgan fingerprint density at radius 3 is 2.48 bits per heavy atom. The van der Waals surface area contributed by atoms with E-state index in [1.165, 1.54) is 5.56 Å². The Morgan fingerprint density at radius 2 is 1.71 bits per heavy atom. The highest BCUT2D eigenvalue weighted by Gasteiger charge is 2.31. The number of ether oxygens (including phenoxy) is 2. The van der Waals surface area contributed by atoms with Crippen LogP contribution in [0.1, 0.15) is 34.6 Å². The van der Waals surface area contributed by atoms with Gasteiger partial charge < -0.3 is 13.9 Å². The molecule has 5 rings (SSSR count). The van der Waals surface area contributed by atoms with Crippen molar-refractivity contribution < 1.29 is 13.9 Å². The summed E-state index contributed by atoms with van der Waals surface area (Å²) in [5.74, 6) is 2.39. The summed E-state index contributed by atoms with van der Waals surface area (Å²) in [4.78, 5) is 0. The maximum atomic E-state index is 6.26. The number of para-hydroxylation sites is 1. The van der Waals surface area contributed by atoms with Crippen LogP contribution in [0.2, 0.25) is 5.02 Å². The van der Waals surface area contributed by atoms with Gasteiger partial charge in [-0.3, -0.25) is 0 Å². The van der Waals surface area contributed by atoms with Crippen molar-refractivity contribution in [3.05, 3.63) is 106 Å². The molecule has 0 radical (unpaired) electrons. The van der Waals surface area contributed by atoms with Gasteiger partial charge in [0, 0.05) is 22.7 Å². The van der Waals surface area contributed by atoms with Crippen LogP contribution in [0, 0.1) is 13.8 Å². The number of rotatable bonds is 4. The summed E-state index contributed by atoms with van der Waals surface area (Å²) in [7, 11) is 0. The predicted octanol–water partition coefficient (Wildman–Crippen LogP) is 7.58. The van der Waals surface area contributed by atoms with Gasteiger partial charge >= 0.3 is 0 Å². The fourth-order valence-electron chi connectivity index (χ4n) is 4.23. The van der Waals surface area contributed by atoms with Gasteiger partial charge in [0.05, 0.1) is 5.56 Å². The first-order valence-electron chi connectivity index (χ1n) is 10.4. The van der Waals surface area contributed by atoms with Crippen molar-refractivity contribution >= 4 is 22.6 Å². The average Bonchev–Trinajstić information content (AvgIpc) is 3.16. The van der Waals surface area contributed by atoms with Gasteiger partial charge in [-0.05, 0) is 54.8 Å². The second kappa shape index (κ2) is 8.16. The van der Waals surface area contributed by atoms with Crippen molar-refractivity contribution in [1.29, 1.82) is 0 Å². The largest absolute Gasteiger partial charge is 0.489 e. The third-order valence-electron chi connectivity index (χ3n) is 5.75. The van der Waals surface area contributed by atoms with Gasteiger partial charge in [0.1, 0.15) is 23.7 Å². The molecule has 3 aromatic carbocycles. The van der Waals surface area contributed by atoms with Crippen molar-refractivity contribution in [2.45, 2.75) is 26.2 Å². The Morgan fingerprint density at radius 1 is 1.00 bits per heavy atom. The summed E-state index contributed by atoms with van der Waals surface area (Å²) in [5, 5.41) is 1.89. The molecule has 1 aliphatic rings. The molecule has 0 fully saturated rings. The highest BCUT2D eigenvalue weighted by molar-refractivity contribution is 6.32. The summed E-state index contributed by atoms with van der Waals surface area (Å²) in [5.41, 5.74) is 5.22. The Labute approximate surface area is 186 Å². The number of benzene rings is 3. The minimum absolute atomic E-state index is 0.167. The molecule has 4 heteroatoms. The first-order valence-corrected chi connectivity index (χ1v) is 10.8. The zero-order chi connectivity index (χ0) is 21.4. The zero-order valence-electron chi connectivity index (χ0n) is 17.5. The monoisotopic (exact) mass is 430 g/mol. The van der Waals surface area contributed by atoms with E-state index in [2.05, 4.69) is 30.3 Å². The van der Waals surface area contributed by atoms with Gasteiger partial charge in [0.2, 0.25) is 0 Å². The molecule has 0 N–H and O–H groups in total. The van der Waals surface area contributed by atoms with Crippen LogP contribution >= 0.6 is 11.6 Å². The van der Waals surface area contributed by atoms with E-state index < -0.39 is 0 Å². The summed E-state index contributed by atoms with van der Waals surface area (Å²) < 4.78 is 18.2. The van der Waals surface area contributed by atoms with E-state index in [1.807, 2.05) is 56.3 Å². The Bertz CT molecular complexity index is 1250. The number of hydrogen-bond acceptors (Lipinski definition) is 3. The maximum absolute atomic E-state index is 6.26. The second-order valence-electron chi connectivity index (χ2n) is 7.92. The molecule has 1 atom stereocenters. The number of halogens is 1. The predicted molar refractivity (Wildman–Crippen MR) is 124 cm³/mol. The van der Waals surface area contributed by atoms with Gasteiger partial charge in [0.15, 0.2) is 0 Å². The van der Waals surface area contributed by atoms with E-state index >= 15 is 0 Å². The molecule has 2 heterocycles. The van der Waals surface area contributed by atoms with Crippen LogP contribution in [0.4, 0.5) is 0 Å². The lowest BCUT2D eigenvalue weighted by atomic mass is 9.86. The van der Waals surface area contributed by atoms with Crippen LogP contribution in [0.25, 0.3) is 11.0 Å². The molecule has 0 spiro atoms. The lowest BCUT2D eigenvalue weighted by Crippen LogP contribution is -2.13. The molecule has 0 saturated heterocycles. The van der Waals surface area contributed by atoms with Crippen molar-refractivity contribution in [3.63, 3.8) is 0 Å². The summed E-state index contributed by atoms with van der Waals surface area (Å²) >= 11 is 6.26. The lowest BCUT2D eigenvalue weighted by molar-refractivity contribution is 0.278. The van der Waals surface area contributed by atoms with Crippen LogP contribution in [0.15, 0.2) is 83.0 Å². The van der Waals surface area contributed by atoms with Crippen molar-refractivity contribution in [3.8, 4) is 11.7 Å². The van der Waals surface area contributed by atoms with E-state index in [9.17, 15) is 0 Å². The van der Waals surface area contributed by atoms with Crippen molar-refractivity contribution in [2.24, 2.45) is 0 Å². The summed E-state index contributed by atoms with van der Waals surface area (Å²) in [6, 6.07) is 22.5. The highest BCUT2D eigenvalue weighted by atomic mass is 35.5. The van der Waals surface area contributed by atoms with E-state index in [0.717, 1.165) is 50.6 Å². The van der Waals surface area contributed by atoms with Crippen molar-refractivity contribution in [1.82, 2.24) is 0 Å². The topological polar surface area (TPSA) is 31.6 Å². The molecular formula is C27H23ClO3. The SMILES string of the molecule is Cc1cc(OC/C=C2\C[C@@H](c3ccccc3)c3c(oc4ccccc34)O2)cc(C)c1Cl. The molecular weight excluding hydrogens is 408 g/mol. The number of hydrogen-bond donors (Lipinski definition) is 0. The van der Waals surface area contributed by atoms with Crippen molar-refractivity contribution in [2.75, 3.05) is 6.61 Å². The molecule has 0 amide bonds. The Balaban J connectivity index is 1.45. The highest BCUT2D eigenvalue weighted by Crippen LogP contribution is 2.47. The fraction of sp³-hybridized carbons (Fsp3) is 0.185. The van der Waals surface area contributed by atoms with Gasteiger partial charge in [-0.2, -0.15) is 0 Å². The number of allylic oxidation sites excluding steroid dienone is 1. The first-order chi connectivity index (χ1) is 15.1. The average molecular weight is 431 g/mol. The third kappa shape index (κ3) is 3.82. The maximum Gasteiger partial charge on any atom is 0.294 e. The molecule has 4 aromatic rings. The van der Waals surface area contributed by atoms with Gasteiger partial charge in [-0.1, -0.05) is 60.1 Å². The summed E-state index contributed by atoms with van der Waals surface area (Å²) in [6.45, 7) is 4.38. The van der Waals surface area contributed by atoms with Crippen LogP contribution in [-0.2, 0) is 0 Å². The van der Waals surface area contributed by atoms with Gasteiger partial charge in [-0.15, -0.1) is 0 Å². The van der Waals surface area contributed by atoms with Crippen LogP contribution in [0.5, 0.6) is 11.7 Å². The standard InChI is InChI=1S/C27H23ClO3/c1-17-14-21(15-18(2)26(17)28)29-13-12-20-16-23(19-8-4-3-5-9-19)25-22-10-6-7-11-24(22)31-27(25)30-20/h3-12,14-15,23H,13,16H2,1-2H3/b20-12+/t23-/m0/s1. The smallest absolute Gasteiger partial charge is 0.294 e. The fourth-order valence-corrected chi connectivity index (χ4v) is 4.34. The quantitative estimate of drug-likeness (QED) is 0.334. The molecule has 0 unspecified atom stereocenters. The van der Waals surface area contributed by atoms with Crippen LogP contribution in [-0.4, -0.2) is 6.61 Å². The van der Waals surface area contributed by atoms with Crippen LogP contribution < -0.4 is 9.47 Å². The molecule has 31 heavy (non-hydrogen) atoms. The van der Waals surface area contributed by atoms with E-state index in [-0.39, 0.29) is 5.92 Å². The first kappa shape index (κ1) is 19.8. The Hall–Kier alpha value is -3.17. The minimum atomic E-state index is 0.167. The zero-order valence-corrected chi connectivity index (χ0v) is 18.3. The number of fused-ring (bicyclic) bond motifs is 3. The second-order valence-corrected chi connectivity index (χ2v) is 8.30. The van der Waals surface area contributed by atoms with E-state index in [4.69, 9.17) is 25.5 Å². The lowest BCUT2D eigenvalue weighted by Gasteiger charge is -2.24. The molecule has 156 valence electrons. The molecule has 1 aromatic heterocycles. The normalized spacial score (nSPS) is 16.9. The van der Waals surface area contributed by atoms with E-state index in [0.29, 0.717) is 12.6 Å². The Kier molecular flexibility index (Phi) is 5.21. The third-order valence-corrected chi connectivity index (χ3v) is 6.35. The summed E-state index contributed by atoms with van der Waals surface area (Å²) in [6.07, 6.45) is 2.74. The molecule has 1 aliphatic heterocycles. The molecule has 0 saturated carbocycles. The molecule has 3 nitrogen and oxygen atoms in total. The van der Waals surface area contributed by atoms with E-state index in [1.54, 1.807) is 0 Å². The molecule has 0 bridgehead atoms. The minimum Gasteiger partial charge on any atom is -0.489 e. The van der Waals surface area contributed by atoms with Gasteiger partial charge in [0.25, 0.3) is 5.95 Å². The molecule has 0 aliphatic carbocycles. The number of furan rings is 1. The number of aryl methyl sites for hydroxylation is 2.